The summed E-state index contributed by atoms with van der Waals surface area (Å²) in [7, 11) is 1.86. The van der Waals surface area contributed by atoms with E-state index in [1.54, 1.807) is 29.2 Å². The zero-order valence-corrected chi connectivity index (χ0v) is 16.7. The van der Waals surface area contributed by atoms with Gasteiger partial charge in [-0.2, -0.15) is 10.2 Å². The van der Waals surface area contributed by atoms with E-state index < -0.39 is 5.97 Å². The van der Waals surface area contributed by atoms with Crippen LogP contribution in [-0.2, 0) is 18.4 Å². The van der Waals surface area contributed by atoms with Gasteiger partial charge in [0, 0.05) is 23.6 Å². The molecular formula is C22H19N5O4. The largest absolute Gasteiger partial charge is 0.491 e. The molecule has 4 heterocycles. The fourth-order valence-corrected chi connectivity index (χ4v) is 3.54. The highest BCUT2D eigenvalue weighted by Crippen LogP contribution is 2.28. The second-order valence-corrected chi connectivity index (χ2v) is 7.14. The Labute approximate surface area is 176 Å². The van der Waals surface area contributed by atoms with Gasteiger partial charge in [-0.1, -0.05) is 6.07 Å². The molecule has 3 aromatic heterocycles. The number of carboxylic acids is 1. The lowest BCUT2D eigenvalue weighted by Crippen LogP contribution is -2.10. The van der Waals surface area contributed by atoms with Crippen molar-refractivity contribution in [3.05, 3.63) is 59.2 Å². The molecule has 2 bridgehead atoms. The second kappa shape index (κ2) is 7.69. The summed E-state index contributed by atoms with van der Waals surface area (Å²) in [4.78, 5) is 15.9. The molecule has 9 nitrogen and oxygen atoms in total. The maximum Gasteiger partial charge on any atom is 0.335 e. The van der Waals surface area contributed by atoms with E-state index in [1.165, 1.54) is 6.07 Å². The molecule has 5 rings (SSSR count). The first-order chi connectivity index (χ1) is 15.1. The minimum Gasteiger partial charge on any atom is -0.491 e. The Morgan fingerprint density at radius 1 is 1.19 bits per heavy atom. The zero-order chi connectivity index (χ0) is 21.4. The first-order valence-electron chi connectivity index (χ1n) is 9.71. The second-order valence-electron chi connectivity index (χ2n) is 7.14. The molecule has 1 aliphatic rings. The van der Waals surface area contributed by atoms with Gasteiger partial charge in [-0.3, -0.25) is 14.8 Å². The number of aromatic carboxylic acids is 1. The Balaban J connectivity index is 1.63. The van der Waals surface area contributed by atoms with Crippen LogP contribution < -0.4 is 4.74 Å². The van der Waals surface area contributed by atoms with Crippen LogP contribution in [0.3, 0.4) is 0 Å². The Kier molecular flexibility index (Phi) is 4.72. The number of carboxylic acid groups (broad SMARTS) is 1. The summed E-state index contributed by atoms with van der Waals surface area (Å²) in [5.41, 5.74) is 5.04. The van der Waals surface area contributed by atoms with Gasteiger partial charge in [0.2, 0.25) is 0 Å². The SMILES string of the molecule is Cn1ncc2c1COCCOc1cc(C(=O)O)ccc1/C=C/c1n[nH]c3cnc-2cc13. The minimum atomic E-state index is -1.01. The topological polar surface area (TPSA) is 115 Å². The van der Waals surface area contributed by atoms with Crippen LogP contribution in [0.5, 0.6) is 5.75 Å². The van der Waals surface area contributed by atoms with Crippen molar-refractivity contribution in [1.82, 2.24) is 25.0 Å². The molecular weight excluding hydrogens is 398 g/mol. The molecule has 1 aromatic carbocycles. The molecule has 4 aromatic rings. The number of H-pyrrole nitrogens is 1. The third-order valence-corrected chi connectivity index (χ3v) is 5.22. The average molecular weight is 417 g/mol. The van der Waals surface area contributed by atoms with Gasteiger partial charge in [0.05, 0.1) is 53.8 Å². The lowest BCUT2D eigenvalue weighted by Gasteiger charge is -2.11. The van der Waals surface area contributed by atoms with Crippen LogP contribution >= 0.6 is 0 Å². The third kappa shape index (κ3) is 3.55. The predicted octanol–water partition coefficient (Wildman–Crippen LogP) is 3.14. The summed E-state index contributed by atoms with van der Waals surface area (Å²) in [6.07, 6.45) is 7.25. The normalized spacial score (nSPS) is 14.9. The van der Waals surface area contributed by atoms with Crippen molar-refractivity contribution in [2.45, 2.75) is 6.61 Å². The van der Waals surface area contributed by atoms with E-state index in [0.29, 0.717) is 19.0 Å². The van der Waals surface area contributed by atoms with Gasteiger partial charge in [-0.15, -0.1) is 0 Å². The highest BCUT2D eigenvalue weighted by atomic mass is 16.5. The third-order valence-electron chi connectivity index (χ3n) is 5.22. The number of fused-ring (bicyclic) bond motifs is 4. The van der Waals surface area contributed by atoms with Gasteiger partial charge in [0.1, 0.15) is 12.4 Å². The van der Waals surface area contributed by atoms with E-state index in [0.717, 1.165) is 39.1 Å². The Hall–Kier alpha value is -3.98. The Morgan fingerprint density at radius 3 is 2.97 bits per heavy atom. The molecule has 0 radical (unpaired) electrons. The van der Waals surface area contributed by atoms with Crippen LogP contribution in [0, 0.1) is 0 Å². The molecule has 0 aliphatic carbocycles. The summed E-state index contributed by atoms with van der Waals surface area (Å²) in [5.74, 6) is -0.539. The number of aryl methyl sites for hydroxylation is 1. The maximum absolute atomic E-state index is 11.4. The van der Waals surface area contributed by atoms with Crippen LogP contribution in [0.4, 0.5) is 0 Å². The summed E-state index contributed by atoms with van der Waals surface area (Å²) in [6.45, 7) is 0.947. The van der Waals surface area contributed by atoms with E-state index in [2.05, 4.69) is 20.3 Å². The first kappa shape index (κ1) is 19.0. The van der Waals surface area contributed by atoms with Gasteiger partial charge in [-0.05, 0) is 30.4 Å². The van der Waals surface area contributed by atoms with Crippen molar-refractivity contribution in [3.63, 3.8) is 0 Å². The molecule has 0 fully saturated rings. The summed E-state index contributed by atoms with van der Waals surface area (Å²) >= 11 is 0. The van der Waals surface area contributed by atoms with Crippen molar-refractivity contribution in [3.8, 4) is 17.0 Å². The number of nitrogens with one attached hydrogen (secondary N) is 1. The number of aromatic nitrogens is 5. The molecule has 0 saturated heterocycles. The van der Waals surface area contributed by atoms with E-state index >= 15 is 0 Å². The van der Waals surface area contributed by atoms with Crippen molar-refractivity contribution in [2.24, 2.45) is 7.05 Å². The Morgan fingerprint density at radius 2 is 2.10 bits per heavy atom. The average Bonchev–Trinajstić information content (AvgIpc) is 3.34. The summed E-state index contributed by atoms with van der Waals surface area (Å²) in [5, 5.41) is 22.0. The molecule has 2 N–H and O–H groups in total. The Bertz CT molecular complexity index is 1320. The number of hydrogen-bond acceptors (Lipinski definition) is 6. The first-order valence-corrected chi connectivity index (χ1v) is 9.71. The van der Waals surface area contributed by atoms with Crippen LogP contribution in [0.2, 0.25) is 0 Å². The number of rotatable bonds is 1. The summed E-state index contributed by atoms with van der Waals surface area (Å²) in [6, 6.07) is 6.76. The number of hydrogen-bond donors (Lipinski definition) is 2. The van der Waals surface area contributed by atoms with E-state index in [-0.39, 0.29) is 12.2 Å². The van der Waals surface area contributed by atoms with Gasteiger partial charge in [-0.25, -0.2) is 4.79 Å². The molecule has 0 spiro atoms. The number of carbonyl (C=O) groups is 1. The van der Waals surface area contributed by atoms with Crippen LogP contribution in [0.1, 0.15) is 27.3 Å². The number of ether oxygens (including phenoxy) is 2. The minimum absolute atomic E-state index is 0.159. The number of pyridine rings is 1. The molecule has 156 valence electrons. The molecule has 9 heteroatoms. The molecule has 0 atom stereocenters. The van der Waals surface area contributed by atoms with Crippen molar-refractivity contribution < 1.29 is 19.4 Å². The summed E-state index contributed by atoms with van der Waals surface area (Å²) < 4.78 is 13.4. The molecule has 1 aliphatic heterocycles. The van der Waals surface area contributed by atoms with Crippen LogP contribution in [0.15, 0.2) is 36.7 Å². The molecule has 0 unspecified atom stereocenters. The van der Waals surface area contributed by atoms with Crippen molar-refractivity contribution in [2.75, 3.05) is 13.2 Å². The van der Waals surface area contributed by atoms with Crippen molar-refractivity contribution >= 4 is 29.0 Å². The van der Waals surface area contributed by atoms with Gasteiger partial charge >= 0.3 is 5.97 Å². The highest BCUT2D eigenvalue weighted by molar-refractivity contribution is 5.92. The molecule has 0 saturated carbocycles. The van der Waals surface area contributed by atoms with Gasteiger partial charge in [0.15, 0.2) is 0 Å². The quantitative estimate of drug-likeness (QED) is 0.489. The van der Waals surface area contributed by atoms with Gasteiger partial charge in [0.25, 0.3) is 0 Å². The lowest BCUT2D eigenvalue weighted by molar-refractivity contribution is 0.0695. The van der Waals surface area contributed by atoms with E-state index in [9.17, 15) is 9.90 Å². The lowest BCUT2D eigenvalue weighted by atomic mass is 10.1. The van der Waals surface area contributed by atoms with Crippen LogP contribution in [0.25, 0.3) is 34.3 Å². The fourth-order valence-electron chi connectivity index (χ4n) is 3.54. The number of benzene rings is 1. The smallest absolute Gasteiger partial charge is 0.335 e. The maximum atomic E-state index is 11.4. The van der Waals surface area contributed by atoms with E-state index in [1.807, 2.05) is 25.3 Å². The molecule has 0 amide bonds. The van der Waals surface area contributed by atoms with Gasteiger partial charge < -0.3 is 14.6 Å². The standard InChI is InChI=1S/C22H19N5O4/c1-27-20-12-30-6-7-31-21-8-14(22(28)29)3-2-13(21)4-5-17-15-9-18(16(20)10-24-27)23-11-19(15)26-25-17/h2-5,8-11H,6-7,12H2,1H3,(H,25,26)(H,28,29)/b5-4+. The number of aromatic amines is 1. The van der Waals surface area contributed by atoms with Crippen LogP contribution in [-0.4, -0.2) is 49.3 Å². The predicted molar refractivity (Wildman–Crippen MR) is 114 cm³/mol. The zero-order valence-electron chi connectivity index (χ0n) is 16.7. The van der Waals surface area contributed by atoms with Crippen molar-refractivity contribution in [1.29, 1.82) is 0 Å². The number of nitrogens with zero attached hydrogens (tertiary/aromatic N) is 4. The fraction of sp³-hybridized carbons (Fsp3) is 0.182. The molecule has 31 heavy (non-hydrogen) atoms. The highest BCUT2D eigenvalue weighted by Gasteiger charge is 2.15. The van der Waals surface area contributed by atoms with E-state index in [4.69, 9.17) is 9.47 Å². The monoisotopic (exact) mass is 417 g/mol.